The van der Waals surface area contributed by atoms with Gasteiger partial charge in [0, 0.05) is 0 Å². The van der Waals surface area contributed by atoms with Gasteiger partial charge in [-0.25, -0.2) is 19.2 Å². The van der Waals surface area contributed by atoms with Gasteiger partial charge < -0.3 is 28.4 Å². The van der Waals surface area contributed by atoms with Gasteiger partial charge in [0.2, 0.25) is 5.79 Å². The minimum atomic E-state index is -2.02. The van der Waals surface area contributed by atoms with E-state index in [4.69, 9.17) is 28.4 Å². The Morgan fingerprint density at radius 1 is 0.604 bits per heavy atom. The molecular formula is C38H36O10. The van der Waals surface area contributed by atoms with E-state index in [0.717, 1.165) is 0 Å². The summed E-state index contributed by atoms with van der Waals surface area (Å²) in [4.78, 5) is 53.7. The van der Waals surface area contributed by atoms with E-state index >= 15 is 0 Å². The fourth-order valence-corrected chi connectivity index (χ4v) is 5.13. The van der Waals surface area contributed by atoms with E-state index in [1.165, 1.54) is 0 Å². The van der Waals surface area contributed by atoms with E-state index in [-0.39, 0.29) is 28.9 Å². The highest BCUT2D eigenvalue weighted by atomic mass is 16.8. The molecule has 0 saturated carbocycles. The van der Waals surface area contributed by atoms with Crippen LogP contribution in [0.2, 0.25) is 0 Å². The first kappa shape index (κ1) is 34.0. The van der Waals surface area contributed by atoms with E-state index in [0.29, 0.717) is 0 Å². The average Bonchev–Trinajstić information content (AvgIpc) is 3.10. The van der Waals surface area contributed by atoms with Crippen molar-refractivity contribution in [3.8, 4) is 0 Å². The highest BCUT2D eigenvalue weighted by Gasteiger charge is 2.60. The van der Waals surface area contributed by atoms with Crippen LogP contribution < -0.4 is 0 Å². The number of benzene rings is 4. The Balaban J connectivity index is 1.58. The summed E-state index contributed by atoms with van der Waals surface area (Å²) in [7, 11) is 0. The molecule has 0 unspecified atom stereocenters. The number of carbonyl (C=O) groups excluding carboxylic acids is 4. The molecule has 1 fully saturated rings. The van der Waals surface area contributed by atoms with Crippen LogP contribution in [0, 0.1) is 0 Å². The van der Waals surface area contributed by atoms with Crippen molar-refractivity contribution in [3.63, 3.8) is 0 Å². The Morgan fingerprint density at radius 3 is 1.44 bits per heavy atom. The van der Waals surface area contributed by atoms with Crippen LogP contribution >= 0.6 is 0 Å². The summed E-state index contributed by atoms with van der Waals surface area (Å²) < 4.78 is 36.5. The van der Waals surface area contributed by atoms with E-state index in [1.807, 2.05) is 0 Å². The highest BCUT2D eigenvalue weighted by molar-refractivity contribution is 5.91. The average molecular weight is 653 g/mol. The standard InChI is InChI=1S/C38H36O10/c1-37(2,3)48-38(25-43-33(39)26-16-8-4-9-17-26)32(47-36(42)29-22-14-7-15-23-29)31(46-35(41)28-20-12-6-13-21-28)30(24-44-38)45-34(40)27-18-10-5-11-19-27/h4-23,30-32H,24-25H2,1-3H3/t30-,31-,32+,38+/m1/s1. The van der Waals surface area contributed by atoms with Crippen LogP contribution in [0.25, 0.3) is 0 Å². The SMILES string of the molecule is CC(C)(C)O[C@]1(COC(=O)c2ccccc2)OC[C@@H](OC(=O)c2ccccc2)[C@@H](OC(=O)c2ccccc2)[C@@H]1OC(=O)c1ccccc1. The number of esters is 4. The molecule has 0 spiro atoms. The molecule has 0 N–H and O–H groups in total. The van der Waals surface area contributed by atoms with Crippen LogP contribution in [0.1, 0.15) is 62.2 Å². The predicted molar refractivity (Wildman–Crippen MR) is 173 cm³/mol. The zero-order chi connectivity index (χ0) is 34.1. The van der Waals surface area contributed by atoms with Crippen molar-refractivity contribution in [1.29, 1.82) is 0 Å². The lowest BCUT2D eigenvalue weighted by Crippen LogP contribution is -2.68. The number of rotatable bonds is 10. The third kappa shape index (κ3) is 8.52. The van der Waals surface area contributed by atoms with Crippen molar-refractivity contribution in [1.82, 2.24) is 0 Å². The monoisotopic (exact) mass is 652 g/mol. The van der Waals surface area contributed by atoms with Crippen molar-refractivity contribution in [3.05, 3.63) is 144 Å². The molecule has 0 bridgehead atoms. The maximum Gasteiger partial charge on any atom is 0.338 e. The molecule has 248 valence electrons. The number of carbonyl (C=O) groups is 4. The van der Waals surface area contributed by atoms with Gasteiger partial charge in [0.1, 0.15) is 6.61 Å². The second-order valence-corrected chi connectivity index (χ2v) is 12.0. The van der Waals surface area contributed by atoms with Crippen LogP contribution in [0.3, 0.4) is 0 Å². The summed E-state index contributed by atoms with van der Waals surface area (Å²) >= 11 is 0. The third-order valence-electron chi connectivity index (χ3n) is 7.25. The van der Waals surface area contributed by atoms with Crippen molar-refractivity contribution < 1.29 is 47.6 Å². The van der Waals surface area contributed by atoms with Gasteiger partial charge in [-0.05, 0) is 69.3 Å². The zero-order valence-corrected chi connectivity index (χ0v) is 26.8. The lowest BCUT2D eigenvalue weighted by molar-refractivity contribution is -0.367. The Kier molecular flexibility index (Phi) is 10.7. The summed E-state index contributed by atoms with van der Waals surface area (Å²) in [6.07, 6.45) is -4.37. The Labute approximate surface area is 278 Å². The molecular weight excluding hydrogens is 616 g/mol. The number of hydrogen-bond donors (Lipinski definition) is 0. The van der Waals surface area contributed by atoms with Gasteiger partial charge in [0.25, 0.3) is 0 Å². The van der Waals surface area contributed by atoms with E-state index in [9.17, 15) is 19.2 Å². The van der Waals surface area contributed by atoms with Gasteiger partial charge >= 0.3 is 23.9 Å². The molecule has 10 nitrogen and oxygen atoms in total. The normalized spacial score (nSPS) is 20.6. The van der Waals surface area contributed by atoms with Crippen molar-refractivity contribution in [2.45, 2.75) is 50.5 Å². The fraction of sp³-hybridized carbons (Fsp3) is 0.263. The van der Waals surface area contributed by atoms with E-state index < -0.39 is 60.2 Å². The third-order valence-corrected chi connectivity index (χ3v) is 7.25. The second kappa shape index (κ2) is 15.1. The fourth-order valence-electron chi connectivity index (χ4n) is 5.13. The highest BCUT2D eigenvalue weighted by Crippen LogP contribution is 2.38. The molecule has 4 aromatic carbocycles. The van der Waals surface area contributed by atoms with Gasteiger partial charge in [0.15, 0.2) is 18.3 Å². The molecule has 1 heterocycles. The summed E-state index contributed by atoms with van der Waals surface area (Å²) in [5.41, 5.74) is -0.0946. The lowest BCUT2D eigenvalue weighted by atomic mass is 9.94. The number of hydrogen-bond acceptors (Lipinski definition) is 10. The maximum absolute atomic E-state index is 13.7. The van der Waals surface area contributed by atoms with Crippen LogP contribution in [0.15, 0.2) is 121 Å². The molecule has 10 heteroatoms. The molecule has 4 atom stereocenters. The molecule has 48 heavy (non-hydrogen) atoms. The molecule has 0 radical (unpaired) electrons. The van der Waals surface area contributed by atoms with Crippen molar-refractivity contribution >= 4 is 23.9 Å². The van der Waals surface area contributed by atoms with Gasteiger partial charge in [-0.15, -0.1) is 0 Å². The zero-order valence-electron chi connectivity index (χ0n) is 26.8. The van der Waals surface area contributed by atoms with Crippen LogP contribution in [0.4, 0.5) is 0 Å². The molecule has 1 saturated heterocycles. The minimum absolute atomic E-state index is 0.181. The Hall–Kier alpha value is -5.32. The summed E-state index contributed by atoms with van der Waals surface area (Å²) in [6.45, 7) is 4.26. The first-order chi connectivity index (χ1) is 23.0. The summed E-state index contributed by atoms with van der Waals surface area (Å²) in [5, 5.41) is 0. The van der Waals surface area contributed by atoms with Gasteiger partial charge in [-0.1, -0.05) is 72.8 Å². The Morgan fingerprint density at radius 2 is 1.00 bits per heavy atom. The van der Waals surface area contributed by atoms with Gasteiger partial charge in [0.05, 0.1) is 34.5 Å². The smallest absolute Gasteiger partial charge is 0.338 e. The molecule has 5 rings (SSSR count). The topological polar surface area (TPSA) is 124 Å². The Bertz CT molecular complexity index is 1690. The number of ether oxygens (including phenoxy) is 6. The minimum Gasteiger partial charge on any atom is -0.456 e. The van der Waals surface area contributed by atoms with E-state index in [1.54, 1.807) is 142 Å². The molecule has 1 aliphatic heterocycles. The molecule has 0 aromatic heterocycles. The van der Waals surface area contributed by atoms with E-state index in [2.05, 4.69) is 0 Å². The van der Waals surface area contributed by atoms with Gasteiger partial charge in [-0.3, -0.25) is 0 Å². The van der Waals surface area contributed by atoms with Crippen molar-refractivity contribution in [2.75, 3.05) is 13.2 Å². The largest absolute Gasteiger partial charge is 0.456 e. The lowest BCUT2D eigenvalue weighted by Gasteiger charge is -2.49. The molecule has 4 aromatic rings. The maximum atomic E-state index is 13.7. The molecule has 0 aliphatic carbocycles. The van der Waals surface area contributed by atoms with Gasteiger partial charge in [-0.2, -0.15) is 0 Å². The van der Waals surface area contributed by atoms with Crippen LogP contribution in [-0.2, 0) is 28.4 Å². The summed E-state index contributed by atoms with van der Waals surface area (Å²) in [6, 6.07) is 32.8. The second-order valence-electron chi connectivity index (χ2n) is 12.0. The first-order valence-electron chi connectivity index (χ1n) is 15.4. The molecule has 0 amide bonds. The predicted octanol–water partition coefficient (Wildman–Crippen LogP) is 6.06. The van der Waals surface area contributed by atoms with Crippen LogP contribution in [-0.4, -0.2) is 66.8 Å². The summed E-state index contributed by atoms with van der Waals surface area (Å²) in [5.74, 6) is -5.03. The first-order valence-corrected chi connectivity index (χ1v) is 15.4. The van der Waals surface area contributed by atoms with Crippen LogP contribution in [0.5, 0.6) is 0 Å². The quantitative estimate of drug-likeness (QED) is 0.148. The molecule has 1 aliphatic rings. The van der Waals surface area contributed by atoms with Crippen molar-refractivity contribution in [2.24, 2.45) is 0 Å².